The van der Waals surface area contributed by atoms with Crippen molar-refractivity contribution in [3.05, 3.63) is 54.0 Å². The molecule has 1 fully saturated rings. The van der Waals surface area contributed by atoms with Gasteiger partial charge in [0.25, 0.3) is 0 Å². The van der Waals surface area contributed by atoms with Gasteiger partial charge >= 0.3 is 0 Å². The summed E-state index contributed by atoms with van der Waals surface area (Å²) in [7, 11) is 0. The number of likely N-dealkylation sites (tertiary alicyclic amines) is 1. The molecule has 2 aromatic rings. The van der Waals surface area contributed by atoms with Gasteiger partial charge in [0.05, 0.1) is 38.9 Å². The Labute approximate surface area is 149 Å². The molecule has 134 valence electrons. The number of hydrogen-bond acceptors (Lipinski definition) is 3. The van der Waals surface area contributed by atoms with Crippen molar-refractivity contribution in [3.8, 4) is 5.75 Å². The van der Waals surface area contributed by atoms with Crippen LogP contribution < -0.4 is 15.0 Å². The monoisotopic (exact) mass is 343 g/mol. The minimum atomic E-state index is 0.0160. The average molecular weight is 343 g/mol. The zero-order valence-electron chi connectivity index (χ0n) is 14.8. The number of ether oxygens (including phenoxy) is 1. The minimum absolute atomic E-state index is 0.0160. The van der Waals surface area contributed by atoms with E-state index in [1.165, 1.54) is 23.3 Å². The van der Waals surface area contributed by atoms with Crippen LogP contribution in [0.4, 0.5) is 0 Å². The smallest absolute Gasteiger partial charge is 0.223 e. The summed E-state index contributed by atoms with van der Waals surface area (Å²) in [6.07, 6.45) is 4.54. The van der Waals surface area contributed by atoms with E-state index < -0.39 is 0 Å². The molecule has 0 spiro atoms. The van der Waals surface area contributed by atoms with Crippen LogP contribution in [0.3, 0.4) is 0 Å². The molecule has 0 saturated carbocycles. The van der Waals surface area contributed by atoms with Crippen molar-refractivity contribution in [1.29, 1.82) is 0 Å². The fourth-order valence-electron chi connectivity index (χ4n) is 3.31. The third-order valence-electron chi connectivity index (χ3n) is 4.75. The summed E-state index contributed by atoms with van der Waals surface area (Å²) in [5.41, 5.74) is 1.19. The van der Waals surface area contributed by atoms with Crippen molar-refractivity contribution in [3.63, 3.8) is 0 Å². The van der Waals surface area contributed by atoms with Crippen LogP contribution in [0.5, 0.6) is 5.75 Å². The molecule has 25 heavy (non-hydrogen) atoms. The van der Waals surface area contributed by atoms with Crippen LogP contribution in [0.25, 0.3) is 0 Å². The molecule has 1 amide bonds. The number of carbonyl (C=O) groups is 1. The summed E-state index contributed by atoms with van der Waals surface area (Å²) in [5.74, 6) is 1.77. The van der Waals surface area contributed by atoms with E-state index >= 15 is 0 Å². The Bertz CT molecular complexity index is 646. The molecular formula is C20H27N2O3+. The molecule has 1 aliphatic heterocycles. The van der Waals surface area contributed by atoms with E-state index in [4.69, 9.17) is 9.15 Å². The standard InChI is InChI=1S/C20H26N2O3/c1-16-6-8-17(9-7-16)24-14-10-20(23)21-15-18(19-5-4-13-25-19)22-11-2-3-12-22/h4-9,13,18H,2-3,10-12,14-15H2,1H3,(H,21,23)/p+1/t18-/m0/s1. The van der Waals surface area contributed by atoms with Gasteiger partial charge in [-0.1, -0.05) is 17.7 Å². The lowest BCUT2D eigenvalue weighted by Crippen LogP contribution is -3.11. The van der Waals surface area contributed by atoms with Gasteiger partial charge in [-0.3, -0.25) is 4.79 Å². The van der Waals surface area contributed by atoms with E-state index in [1.54, 1.807) is 6.26 Å². The van der Waals surface area contributed by atoms with E-state index in [9.17, 15) is 4.79 Å². The molecule has 0 aliphatic carbocycles. The predicted molar refractivity (Wildman–Crippen MR) is 95.7 cm³/mol. The lowest BCUT2D eigenvalue weighted by molar-refractivity contribution is -0.919. The van der Waals surface area contributed by atoms with Gasteiger partial charge in [0.15, 0.2) is 11.8 Å². The molecule has 1 saturated heterocycles. The summed E-state index contributed by atoms with van der Waals surface area (Å²) >= 11 is 0. The second-order valence-corrected chi connectivity index (χ2v) is 6.65. The maximum Gasteiger partial charge on any atom is 0.223 e. The normalized spacial score (nSPS) is 15.9. The predicted octanol–water partition coefficient (Wildman–Crippen LogP) is 1.89. The number of quaternary nitrogens is 1. The van der Waals surface area contributed by atoms with E-state index in [-0.39, 0.29) is 11.9 Å². The third-order valence-corrected chi connectivity index (χ3v) is 4.75. The van der Waals surface area contributed by atoms with Crippen LogP contribution in [0, 0.1) is 6.92 Å². The Morgan fingerprint density at radius 3 is 2.68 bits per heavy atom. The van der Waals surface area contributed by atoms with Crippen LogP contribution in [0.1, 0.15) is 36.6 Å². The SMILES string of the molecule is Cc1ccc(OCCC(=O)NC[C@@H](c2ccco2)[NH+]2CCCC2)cc1. The van der Waals surface area contributed by atoms with Crippen molar-refractivity contribution in [2.45, 2.75) is 32.2 Å². The van der Waals surface area contributed by atoms with Gasteiger partial charge in [-0.2, -0.15) is 0 Å². The van der Waals surface area contributed by atoms with Gasteiger partial charge in [0, 0.05) is 12.8 Å². The highest BCUT2D eigenvalue weighted by Gasteiger charge is 2.29. The molecule has 5 nitrogen and oxygen atoms in total. The van der Waals surface area contributed by atoms with Crippen molar-refractivity contribution in [2.24, 2.45) is 0 Å². The molecule has 3 rings (SSSR count). The molecule has 1 atom stereocenters. The Morgan fingerprint density at radius 2 is 2.00 bits per heavy atom. The van der Waals surface area contributed by atoms with Crippen LogP contribution in [0.15, 0.2) is 47.1 Å². The van der Waals surface area contributed by atoms with Crippen LogP contribution in [-0.2, 0) is 4.79 Å². The summed E-state index contributed by atoms with van der Waals surface area (Å²) in [6, 6.07) is 12.0. The van der Waals surface area contributed by atoms with Crippen LogP contribution >= 0.6 is 0 Å². The molecule has 5 heteroatoms. The highest BCUT2D eigenvalue weighted by Crippen LogP contribution is 2.12. The Hall–Kier alpha value is -2.27. The lowest BCUT2D eigenvalue weighted by Gasteiger charge is -2.23. The first-order valence-corrected chi connectivity index (χ1v) is 9.06. The van der Waals surface area contributed by atoms with Gasteiger partial charge in [0.1, 0.15) is 5.75 Å². The number of nitrogens with one attached hydrogen (secondary N) is 2. The summed E-state index contributed by atoms with van der Waals surface area (Å²) in [6.45, 7) is 5.30. The van der Waals surface area contributed by atoms with Gasteiger partial charge in [-0.05, 0) is 31.2 Å². The van der Waals surface area contributed by atoms with Gasteiger partial charge in [0.2, 0.25) is 5.91 Å². The van der Waals surface area contributed by atoms with Crippen molar-refractivity contribution >= 4 is 5.91 Å². The second kappa shape index (κ2) is 8.72. The average Bonchev–Trinajstić information content (AvgIpc) is 3.31. The number of furan rings is 1. The molecule has 2 heterocycles. The van der Waals surface area contributed by atoms with E-state index in [1.807, 2.05) is 43.3 Å². The Balaban J connectivity index is 1.44. The number of hydrogen-bond donors (Lipinski definition) is 2. The van der Waals surface area contributed by atoms with Gasteiger partial charge < -0.3 is 19.4 Å². The number of aryl methyl sites for hydroxylation is 1. The first kappa shape index (κ1) is 17.5. The minimum Gasteiger partial charge on any atom is -0.493 e. The number of amides is 1. The highest BCUT2D eigenvalue weighted by molar-refractivity contribution is 5.76. The topological polar surface area (TPSA) is 55.9 Å². The third kappa shape index (κ3) is 5.10. The fraction of sp³-hybridized carbons (Fsp3) is 0.450. The maximum atomic E-state index is 12.1. The quantitative estimate of drug-likeness (QED) is 0.770. The van der Waals surface area contributed by atoms with E-state index in [2.05, 4.69) is 5.32 Å². The van der Waals surface area contributed by atoms with E-state index in [0.29, 0.717) is 19.6 Å². The highest BCUT2D eigenvalue weighted by atomic mass is 16.5. The molecule has 1 aliphatic rings. The first-order chi connectivity index (χ1) is 12.2. The van der Waals surface area contributed by atoms with Crippen molar-refractivity contribution in [1.82, 2.24) is 5.32 Å². The molecule has 2 N–H and O–H groups in total. The maximum absolute atomic E-state index is 12.1. The van der Waals surface area contributed by atoms with Crippen molar-refractivity contribution < 1.29 is 18.8 Å². The largest absolute Gasteiger partial charge is 0.493 e. The zero-order valence-corrected chi connectivity index (χ0v) is 14.8. The second-order valence-electron chi connectivity index (χ2n) is 6.65. The molecule has 1 aromatic carbocycles. The summed E-state index contributed by atoms with van der Waals surface area (Å²) in [4.78, 5) is 13.6. The van der Waals surface area contributed by atoms with Crippen molar-refractivity contribution in [2.75, 3.05) is 26.2 Å². The number of carbonyl (C=O) groups excluding carboxylic acids is 1. The number of benzene rings is 1. The van der Waals surface area contributed by atoms with E-state index in [0.717, 1.165) is 24.6 Å². The Kier molecular flexibility index (Phi) is 6.12. The summed E-state index contributed by atoms with van der Waals surface area (Å²) < 4.78 is 11.2. The number of rotatable bonds is 8. The zero-order chi connectivity index (χ0) is 17.5. The lowest BCUT2D eigenvalue weighted by atomic mass is 10.2. The molecular weight excluding hydrogens is 316 g/mol. The summed E-state index contributed by atoms with van der Waals surface area (Å²) in [5, 5.41) is 3.04. The van der Waals surface area contributed by atoms with Gasteiger partial charge in [-0.25, -0.2) is 0 Å². The van der Waals surface area contributed by atoms with Crippen LogP contribution in [-0.4, -0.2) is 32.1 Å². The van der Waals surface area contributed by atoms with Crippen LogP contribution in [0.2, 0.25) is 0 Å². The van der Waals surface area contributed by atoms with Gasteiger partial charge in [-0.15, -0.1) is 0 Å². The fourth-order valence-corrected chi connectivity index (χ4v) is 3.31. The Morgan fingerprint density at radius 1 is 1.24 bits per heavy atom. The molecule has 1 aromatic heterocycles. The molecule has 0 radical (unpaired) electrons. The molecule has 0 unspecified atom stereocenters. The molecule has 0 bridgehead atoms. The first-order valence-electron chi connectivity index (χ1n) is 9.06.